The summed E-state index contributed by atoms with van der Waals surface area (Å²) in [4.78, 5) is 0.270. The van der Waals surface area contributed by atoms with Gasteiger partial charge in [-0.25, -0.2) is 0 Å². The van der Waals surface area contributed by atoms with Crippen LogP contribution >= 0.6 is 39.7 Å². The summed E-state index contributed by atoms with van der Waals surface area (Å²) in [7, 11) is 1.62. The third-order valence-corrected chi connectivity index (χ3v) is 4.07. The molecule has 0 fully saturated rings. The van der Waals surface area contributed by atoms with E-state index in [0.29, 0.717) is 22.9 Å². The molecule has 0 spiro atoms. The molecule has 21 heavy (non-hydrogen) atoms. The molecule has 0 bridgehead atoms. The molecule has 0 heterocycles. The molecular formula is C15H13BrClNO2S. The van der Waals surface area contributed by atoms with Crippen molar-refractivity contribution in [1.29, 1.82) is 0 Å². The first kappa shape index (κ1) is 16.1. The van der Waals surface area contributed by atoms with Crippen molar-refractivity contribution < 1.29 is 9.47 Å². The number of halogens is 2. The van der Waals surface area contributed by atoms with Crippen LogP contribution in [0.2, 0.25) is 5.02 Å². The zero-order valence-corrected chi connectivity index (χ0v) is 14.4. The van der Waals surface area contributed by atoms with Crippen LogP contribution in [0.25, 0.3) is 0 Å². The Morgan fingerprint density at radius 3 is 2.71 bits per heavy atom. The highest BCUT2D eigenvalue weighted by Crippen LogP contribution is 2.27. The van der Waals surface area contributed by atoms with Crippen molar-refractivity contribution in [3.05, 3.63) is 57.0 Å². The second kappa shape index (κ2) is 7.11. The predicted octanol–water partition coefficient (Wildman–Crippen LogP) is 4.32. The standard InChI is InChI=1S/C15H13BrClNO2S/c1-19-11-3-5-13(16)9(6-11)8-20-14-7-10(17)2-4-12(14)15(18)21/h2-7H,8H2,1H3,(H2,18,21). The van der Waals surface area contributed by atoms with Crippen LogP contribution in [-0.4, -0.2) is 12.1 Å². The Bertz CT molecular complexity index is 679. The van der Waals surface area contributed by atoms with Crippen molar-refractivity contribution in [2.45, 2.75) is 6.61 Å². The van der Waals surface area contributed by atoms with E-state index in [2.05, 4.69) is 15.9 Å². The van der Waals surface area contributed by atoms with Gasteiger partial charge in [-0.05, 0) is 36.4 Å². The van der Waals surface area contributed by atoms with Gasteiger partial charge in [0.15, 0.2) is 0 Å². The Labute approximate surface area is 142 Å². The molecule has 0 aliphatic heterocycles. The molecule has 0 atom stereocenters. The lowest BCUT2D eigenvalue weighted by molar-refractivity contribution is 0.304. The molecule has 2 aromatic carbocycles. The second-order valence-corrected chi connectivity index (χ2v) is 5.98. The Kier molecular flexibility index (Phi) is 5.45. The molecule has 2 N–H and O–H groups in total. The van der Waals surface area contributed by atoms with Crippen LogP contribution < -0.4 is 15.2 Å². The van der Waals surface area contributed by atoms with Gasteiger partial charge in [-0.1, -0.05) is 39.7 Å². The van der Waals surface area contributed by atoms with E-state index in [1.54, 1.807) is 25.3 Å². The monoisotopic (exact) mass is 385 g/mol. The molecule has 2 rings (SSSR count). The Balaban J connectivity index is 2.24. The number of ether oxygens (including phenoxy) is 2. The first-order valence-corrected chi connectivity index (χ1v) is 7.63. The minimum absolute atomic E-state index is 0.270. The maximum atomic E-state index is 5.99. The summed E-state index contributed by atoms with van der Waals surface area (Å²) < 4.78 is 11.9. The Hall–Kier alpha value is -1.30. The third-order valence-electron chi connectivity index (χ3n) is 2.85. The van der Waals surface area contributed by atoms with Gasteiger partial charge in [0.1, 0.15) is 23.1 Å². The highest BCUT2D eigenvalue weighted by Gasteiger charge is 2.09. The van der Waals surface area contributed by atoms with Gasteiger partial charge in [0.25, 0.3) is 0 Å². The van der Waals surface area contributed by atoms with Crippen molar-refractivity contribution in [3.8, 4) is 11.5 Å². The molecule has 0 aromatic heterocycles. The number of rotatable bonds is 5. The fourth-order valence-corrected chi connectivity index (χ4v) is 2.46. The first-order valence-electron chi connectivity index (χ1n) is 6.06. The summed E-state index contributed by atoms with van der Waals surface area (Å²) in [5.74, 6) is 1.32. The van der Waals surface area contributed by atoms with Crippen molar-refractivity contribution in [3.63, 3.8) is 0 Å². The predicted molar refractivity (Wildman–Crippen MR) is 92.4 cm³/mol. The largest absolute Gasteiger partial charge is 0.497 e. The van der Waals surface area contributed by atoms with E-state index in [4.69, 9.17) is 39.0 Å². The van der Waals surface area contributed by atoms with Crippen molar-refractivity contribution in [2.24, 2.45) is 5.73 Å². The minimum Gasteiger partial charge on any atom is -0.497 e. The normalized spacial score (nSPS) is 10.2. The Morgan fingerprint density at radius 2 is 2.05 bits per heavy atom. The van der Waals surface area contributed by atoms with E-state index in [1.165, 1.54) is 0 Å². The van der Waals surface area contributed by atoms with E-state index in [0.717, 1.165) is 15.8 Å². The molecule has 2 aromatic rings. The number of thiocarbonyl (C=S) groups is 1. The van der Waals surface area contributed by atoms with Crippen molar-refractivity contribution >= 4 is 44.7 Å². The van der Waals surface area contributed by atoms with Gasteiger partial charge >= 0.3 is 0 Å². The second-order valence-electron chi connectivity index (χ2n) is 4.25. The quantitative estimate of drug-likeness (QED) is 0.777. The molecule has 3 nitrogen and oxygen atoms in total. The number of hydrogen-bond acceptors (Lipinski definition) is 3. The molecule has 0 unspecified atom stereocenters. The summed E-state index contributed by atoms with van der Waals surface area (Å²) in [6, 6.07) is 10.8. The highest BCUT2D eigenvalue weighted by molar-refractivity contribution is 9.10. The molecular weight excluding hydrogens is 374 g/mol. The van der Waals surface area contributed by atoms with E-state index in [1.807, 2.05) is 18.2 Å². The maximum Gasteiger partial charge on any atom is 0.131 e. The minimum atomic E-state index is 0.270. The third kappa shape index (κ3) is 4.09. The highest BCUT2D eigenvalue weighted by atomic mass is 79.9. The number of benzene rings is 2. The molecule has 0 saturated heterocycles. The fourth-order valence-electron chi connectivity index (χ4n) is 1.76. The summed E-state index contributed by atoms with van der Waals surface area (Å²) >= 11 is 14.5. The lowest BCUT2D eigenvalue weighted by Gasteiger charge is -2.13. The van der Waals surface area contributed by atoms with E-state index in [9.17, 15) is 0 Å². The molecule has 0 aliphatic rings. The van der Waals surface area contributed by atoms with Gasteiger partial charge in [0.05, 0.1) is 12.7 Å². The topological polar surface area (TPSA) is 44.5 Å². The van der Waals surface area contributed by atoms with E-state index >= 15 is 0 Å². The van der Waals surface area contributed by atoms with Crippen LogP contribution in [0.4, 0.5) is 0 Å². The Morgan fingerprint density at radius 1 is 1.29 bits per heavy atom. The number of hydrogen-bond donors (Lipinski definition) is 1. The lowest BCUT2D eigenvalue weighted by Crippen LogP contribution is -2.11. The van der Waals surface area contributed by atoms with Gasteiger partial charge in [0.2, 0.25) is 0 Å². The SMILES string of the molecule is COc1ccc(Br)c(COc2cc(Cl)ccc2C(N)=S)c1. The number of nitrogens with two attached hydrogens (primary N) is 1. The summed E-state index contributed by atoms with van der Waals surface area (Å²) in [6.07, 6.45) is 0. The molecule has 0 aliphatic carbocycles. The lowest BCUT2D eigenvalue weighted by atomic mass is 10.2. The van der Waals surface area contributed by atoms with Crippen molar-refractivity contribution in [1.82, 2.24) is 0 Å². The van der Waals surface area contributed by atoms with Gasteiger partial charge in [-0.3, -0.25) is 0 Å². The van der Waals surface area contributed by atoms with Crippen molar-refractivity contribution in [2.75, 3.05) is 7.11 Å². The van der Waals surface area contributed by atoms with Crippen LogP contribution in [0, 0.1) is 0 Å². The molecule has 110 valence electrons. The average Bonchev–Trinajstić information content (AvgIpc) is 2.46. The van der Waals surface area contributed by atoms with Gasteiger partial charge in [0, 0.05) is 15.1 Å². The number of methoxy groups -OCH3 is 1. The van der Waals surface area contributed by atoms with Crippen LogP contribution in [0.5, 0.6) is 11.5 Å². The average molecular weight is 387 g/mol. The van der Waals surface area contributed by atoms with Gasteiger partial charge in [-0.2, -0.15) is 0 Å². The summed E-state index contributed by atoms with van der Waals surface area (Å²) in [5, 5.41) is 0.565. The summed E-state index contributed by atoms with van der Waals surface area (Å²) in [5.41, 5.74) is 7.30. The zero-order chi connectivity index (χ0) is 15.4. The van der Waals surface area contributed by atoms with E-state index < -0.39 is 0 Å². The first-order chi connectivity index (χ1) is 10.0. The molecule has 6 heteroatoms. The fraction of sp³-hybridized carbons (Fsp3) is 0.133. The molecule has 0 saturated carbocycles. The molecule has 0 amide bonds. The summed E-state index contributed by atoms with van der Waals surface area (Å²) in [6.45, 7) is 0.341. The van der Waals surface area contributed by atoms with Crippen LogP contribution in [0.1, 0.15) is 11.1 Å². The zero-order valence-electron chi connectivity index (χ0n) is 11.2. The molecule has 0 radical (unpaired) electrons. The smallest absolute Gasteiger partial charge is 0.131 e. The van der Waals surface area contributed by atoms with Crippen LogP contribution in [-0.2, 0) is 6.61 Å². The van der Waals surface area contributed by atoms with Crippen LogP contribution in [0.15, 0.2) is 40.9 Å². The van der Waals surface area contributed by atoms with Gasteiger partial charge < -0.3 is 15.2 Å². The van der Waals surface area contributed by atoms with Crippen LogP contribution in [0.3, 0.4) is 0 Å². The van der Waals surface area contributed by atoms with E-state index in [-0.39, 0.29) is 4.99 Å². The maximum absolute atomic E-state index is 5.99. The van der Waals surface area contributed by atoms with Gasteiger partial charge in [-0.15, -0.1) is 0 Å².